The van der Waals surface area contributed by atoms with E-state index in [9.17, 15) is 14.4 Å². The molecule has 0 unspecified atom stereocenters. The van der Waals surface area contributed by atoms with Gasteiger partial charge in [0.1, 0.15) is 6.61 Å². The average molecular weight is 315 g/mol. The van der Waals surface area contributed by atoms with E-state index in [4.69, 9.17) is 4.74 Å². The molecule has 0 spiro atoms. The number of esters is 1. The van der Waals surface area contributed by atoms with Crippen molar-refractivity contribution in [1.82, 2.24) is 4.90 Å². The maximum Gasteiger partial charge on any atom is 0.306 e. The van der Waals surface area contributed by atoms with Crippen LogP contribution in [0, 0.1) is 0 Å². The Hall–Kier alpha value is -2.17. The zero-order valence-corrected chi connectivity index (χ0v) is 13.1. The van der Waals surface area contributed by atoms with Crippen LogP contribution >= 0.6 is 0 Å². The zero-order chi connectivity index (χ0) is 16.3. The van der Waals surface area contributed by atoms with Crippen LogP contribution < -0.4 is 0 Å². The molecule has 0 atom stereocenters. The highest BCUT2D eigenvalue weighted by Gasteiger charge is 2.52. The van der Waals surface area contributed by atoms with Gasteiger partial charge in [0.05, 0.1) is 5.54 Å². The average Bonchev–Trinajstić information content (AvgIpc) is 3.06. The van der Waals surface area contributed by atoms with Gasteiger partial charge < -0.3 is 4.74 Å². The largest absolute Gasteiger partial charge is 0.461 e. The van der Waals surface area contributed by atoms with Crippen molar-refractivity contribution in [2.75, 3.05) is 0 Å². The summed E-state index contributed by atoms with van der Waals surface area (Å²) in [5.41, 5.74) is 0.641. The molecular weight excluding hydrogens is 294 g/mol. The van der Waals surface area contributed by atoms with Gasteiger partial charge in [0.2, 0.25) is 11.8 Å². The number of amides is 2. The first-order valence-electron chi connectivity index (χ1n) is 8.16. The minimum absolute atomic E-state index is 0.0563. The van der Waals surface area contributed by atoms with Gasteiger partial charge in [-0.25, -0.2) is 0 Å². The fourth-order valence-corrected chi connectivity index (χ4v) is 3.65. The summed E-state index contributed by atoms with van der Waals surface area (Å²) in [6.07, 6.45) is 4.03. The highest BCUT2D eigenvalue weighted by molar-refractivity contribution is 5.99. The van der Waals surface area contributed by atoms with Gasteiger partial charge in [-0.3, -0.25) is 19.3 Å². The van der Waals surface area contributed by atoms with Crippen LogP contribution in [0.5, 0.6) is 0 Å². The third-order valence-electron chi connectivity index (χ3n) is 4.85. The molecule has 2 fully saturated rings. The standard InChI is InChI=1S/C18H21NO4/c20-15-8-11-18(12-9-16(21)19(15)18)10-4-7-17(22)23-13-14-5-2-1-3-6-14/h1-3,5-6H,4,7-13H2. The summed E-state index contributed by atoms with van der Waals surface area (Å²) in [7, 11) is 0. The van der Waals surface area contributed by atoms with Gasteiger partial charge in [-0.1, -0.05) is 30.3 Å². The minimum Gasteiger partial charge on any atom is -0.461 e. The topological polar surface area (TPSA) is 63.7 Å². The van der Waals surface area contributed by atoms with E-state index in [1.54, 1.807) is 0 Å². The molecule has 0 N–H and O–H groups in total. The number of hydrogen-bond acceptors (Lipinski definition) is 4. The Balaban J connectivity index is 1.45. The summed E-state index contributed by atoms with van der Waals surface area (Å²) >= 11 is 0. The monoisotopic (exact) mass is 315 g/mol. The molecule has 122 valence electrons. The third-order valence-corrected chi connectivity index (χ3v) is 4.85. The lowest BCUT2D eigenvalue weighted by molar-refractivity contribution is -0.145. The number of benzene rings is 1. The molecule has 1 aromatic carbocycles. The number of rotatable bonds is 6. The van der Waals surface area contributed by atoms with Crippen molar-refractivity contribution in [2.45, 2.75) is 57.1 Å². The number of nitrogens with zero attached hydrogens (tertiary/aromatic N) is 1. The number of imide groups is 1. The first-order valence-corrected chi connectivity index (χ1v) is 8.16. The molecule has 2 aliphatic heterocycles. The van der Waals surface area contributed by atoms with E-state index in [2.05, 4.69) is 0 Å². The molecule has 0 saturated carbocycles. The van der Waals surface area contributed by atoms with E-state index in [1.807, 2.05) is 30.3 Å². The molecule has 1 aromatic rings. The van der Waals surface area contributed by atoms with Gasteiger partial charge in [-0.2, -0.15) is 0 Å². The fraction of sp³-hybridized carbons (Fsp3) is 0.500. The Kier molecular flexibility index (Phi) is 4.46. The Labute approximate surface area is 135 Å². The van der Waals surface area contributed by atoms with E-state index in [0.717, 1.165) is 18.4 Å². The lowest BCUT2D eigenvalue weighted by atomic mass is 9.88. The SMILES string of the molecule is O=C(CCCC12CCC(=O)N1C(=O)CC2)OCc1ccccc1. The maximum atomic E-state index is 11.8. The second-order valence-electron chi connectivity index (χ2n) is 6.35. The first kappa shape index (κ1) is 15.7. The highest BCUT2D eigenvalue weighted by atomic mass is 16.5. The van der Waals surface area contributed by atoms with Gasteiger partial charge in [0, 0.05) is 19.3 Å². The minimum atomic E-state index is -0.326. The van der Waals surface area contributed by atoms with E-state index in [1.165, 1.54) is 4.90 Å². The predicted molar refractivity (Wildman–Crippen MR) is 83.1 cm³/mol. The van der Waals surface area contributed by atoms with Crippen LogP contribution in [0.15, 0.2) is 30.3 Å². The first-order chi connectivity index (χ1) is 11.1. The number of hydrogen-bond donors (Lipinski definition) is 0. The maximum absolute atomic E-state index is 11.8. The molecule has 0 aromatic heterocycles. The quantitative estimate of drug-likeness (QED) is 0.598. The van der Waals surface area contributed by atoms with Crippen molar-refractivity contribution in [2.24, 2.45) is 0 Å². The number of carbonyl (C=O) groups is 3. The normalized spacial score (nSPS) is 19.0. The van der Waals surface area contributed by atoms with E-state index < -0.39 is 0 Å². The van der Waals surface area contributed by atoms with E-state index >= 15 is 0 Å². The molecule has 0 aliphatic carbocycles. The molecule has 2 heterocycles. The van der Waals surface area contributed by atoms with Gasteiger partial charge >= 0.3 is 5.97 Å². The van der Waals surface area contributed by atoms with Crippen LogP contribution in [0.1, 0.15) is 50.5 Å². The van der Waals surface area contributed by atoms with Crippen LogP contribution in [0.2, 0.25) is 0 Å². The molecule has 0 bridgehead atoms. The Morgan fingerprint density at radius 2 is 1.74 bits per heavy atom. The third kappa shape index (κ3) is 3.28. The Morgan fingerprint density at radius 1 is 1.09 bits per heavy atom. The molecule has 0 radical (unpaired) electrons. The molecular formula is C18H21NO4. The van der Waals surface area contributed by atoms with Crippen LogP contribution in [0.4, 0.5) is 0 Å². The summed E-state index contributed by atoms with van der Waals surface area (Å²) in [6, 6.07) is 9.56. The summed E-state index contributed by atoms with van der Waals surface area (Å²) in [6.45, 7) is 0.286. The van der Waals surface area contributed by atoms with Crippen molar-refractivity contribution in [3.05, 3.63) is 35.9 Å². The van der Waals surface area contributed by atoms with Crippen LogP contribution in [0.25, 0.3) is 0 Å². The van der Waals surface area contributed by atoms with Gasteiger partial charge in [-0.15, -0.1) is 0 Å². The van der Waals surface area contributed by atoms with Crippen molar-refractivity contribution in [3.63, 3.8) is 0 Å². The summed E-state index contributed by atoms with van der Waals surface area (Å²) in [5.74, 6) is -0.344. The van der Waals surface area contributed by atoms with Crippen LogP contribution in [-0.2, 0) is 25.7 Å². The number of fused-ring (bicyclic) bond motifs is 1. The number of carbonyl (C=O) groups excluding carboxylic acids is 3. The molecule has 2 aliphatic rings. The summed E-state index contributed by atoms with van der Waals surface area (Å²) < 4.78 is 5.26. The molecule has 5 nitrogen and oxygen atoms in total. The zero-order valence-electron chi connectivity index (χ0n) is 13.1. The van der Waals surface area contributed by atoms with Crippen LogP contribution in [0.3, 0.4) is 0 Å². The van der Waals surface area contributed by atoms with Crippen molar-refractivity contribution in [1.29, 1.82) is 0 Å². The lowest BCUT2D eigenvalue weighted by Crippen LogP contribution is -2.42. The fourth-order valence-electron chi connectivity index (χ4n) is 3.65. The molecule has 5 heteroatoms. The molecule has 2 amide bonds. The second kappa shape index (κ2) is 6.52. The van der Waals surface area contributed by atoms with E-state index in [0.29, 0.717) is 32.1 Å². The van der Waals surface area contributed by atoms with Gasteiger partial charge in [-0.05, 0) is 31.2 Å². The summed E-state index contributed by atoms with van der Waals surface area (Å²) in [4.78, 5) is 37.0. The Bertz CT molecular complexity index is 591. The molecule has 3 rings (SSSR count). The second-order valence-corrected chi connectivity index (χ2v) is 6.35. The van der Waals surface area contributed by atoms with Crippen molar-refractivity contribution in [3.8, 4) is 0 Å². The van der Waals surface area contributed by atoms with Gasteiger partial charge in [0.25, 0.3) is 0 Å². The Morgan fingerprint density at radius 3 is 2.39 bits per heavy atom. The molecule has 2 saturated heterocycles. The predicted octanol–water partition coefficient (Wildman–Crippen LogP) is 2.58. The van der Waals surface area contributed by atoms with Gasteiger partial charge in [0.15, 0.2) is 0 Å². The van der Waals surface area contributed by atoms with Crippen LogP contribution in [-0.4, -0.2) is 28.2 Å². The van der Waals surface area contributed by atoms with Crippen molar-refractivity contribution >= 4 is 17.8 Å². The molecule has 23 heavy (non-hydrogen) atoms. The van der Waals surface area contributed by atoms with Crippen molar-refractivity contribution < 1.29 is 19.1 Å². The summed E-state index contributed by atoms with van der Waals surface area (Å²) in [5, 5.41) is 0. The van der Waals surface area contributed by atoms with E-state index in [-0.39, 0.29) is 29.9 Å². The number of ether oxygens (including phenoxy) is 1. The highest BCUT2D eigenvalue weighted by Crippen LogP contribution is 2.43. The lowest BCUT2D eigenvalue weighted by Gasteiger charge is -2.30. The smallest absolute Gasteiger partial charge is 0.306 e.